The number of fused-ring (bicyclic) bond motifs is 1. The van der Waals surface area contributed by atoms with Crippen molar-refractivity contribution in [3.8, 4) is 11.5 Å². The standard InChI is InChI=1S/C19H23FN4O6S/c1-2-5-21-10-16(26)22-6-7-30-13-4-3-12-8-15(25)19(18(20)14(12)9-13)24-11-17(27)23-31(24,28)29/h3-4,8-9,21,25H,2,5-7,10-11H2,1H3,(H,22,26)(H,23,27). The second-order valence-electron chi connectivity index (χ2n) is 6.85. The molecule has 0 aliphatic carbocycles. The van der Waals surface area contributed by atoms with Crippen LogP contribution in [0.3, 0.4) is 0 Å². The number of nitrogens with zero attached hydrogens (tertiary/aromatic N) is 1. The van der Waals surface area contributed by atoms with E-state index in [4.69, 9.17) is 4.74 Å². The Hall–Kier alpha value is -3.12. The summed E-state index contributed by atoms with van der Waals surface area (Å²) in [6.45, 7) is 2.69. The van der Waals surface area contributed by atoms with E-state index in [2.05, 4.69) is 10.6 Å². The normalized spacial score (nSPS) is 15.2. The number of amides is 2. The summed E-state index contributed by atoms with van der Waals surface area (Å²) in [5.41, 5.74) is -0.616. The summed E-state index contributed by atoms with van der Waals surface area (Å²) >= 11 is 0. The number of hydrogen-bond donors (Lipinski definition) is 4. The number of carbonyl (C=O) groups excluding carboxylic acids is 2. The molecular weight excluding hydrogens is 431 g/mol. The molecule has 10 nitrogen and oxygen atoms in total. The van der Waals surface area contributed by atoms with Gasteiger partial charge >= 0.3 is 10.2 Å². The van der Waals surface area contributed by atoms with E-state index in [0.717, 1.165) is 13.0 Å². The molecule has 168 valence electrons. The molecule has 2 amide bonds. The van der Waals surface area contributed by atoms with E-state index < -0.39 is 39.9 Å². The van der Waals surface area contributed by atoms with E-state index in [1.807, 2.05) is 6.92 Å². The zero-order valence-electron chi connectivity index (χ0n) is 16.8. The molecular formula is C19H23FN4O6S. The third-order valence-corrected chi connectivity index (χ3v) is 5.86. The van der Waals surface area contributed by atoms with Gasteiger partial charge in [-0.1, -0.05) is 13.0 Å². The summed E-state index contributed by atoms with van der Waals surface area (Å²) in [5.74, 6) is -2.33. The van der Waals surface area contributed by atoms with Gasteiger partial charge in [-0.2, -0.15) is 8.42 Å². The number of phenols is 1. The van der Waals surface area contributed by atoms with Gasteiger partial charge in [-0.15, -0.1) is 0 Å². The first-order valence-corrected chi connectivity index (χ1v) is 11.1. The van der Waals surface area contributed by atoms with Crippen molar-refractivity contribution < 1.29 is 32.2 Å². The molecule has 2 aromatic carbocycles. The van der Waals surface area contributed by atoms with Gasteiger partial charge in [0.25, 0.3) is 5.91 Å². The number of ether oxygens (including phenoxy) is 1. The number of hydrogen-bond acceptors (Lipinski definition) is 7. The maximum absolute atomic E-state index is 15.1. The van der Waals surface area contributed by atoms with Gasteiger partial charge in [0.2, 0.25) is 5.91 Å². The van der Waals surface area contributed by atoms with E-state index >= 15 is 4.39 Å². The van der Waals surface area contributed by atoms with Crippen molar-refractivity contribution in [2.45, 2.75) is 13.3 Å². The first-order chi connectivity index (χ1) is 14.7. The molecule has 1 fully saturated rings. The van der Waals surface area contributed by atoms with Crippen molar-refractivity contribution in [2.75, 3.05) is 37.1 Å². The molecule has 1 saturated heterocycles. The lowest BCUT2D eigenvalue weighted by Crippen LogP contribution is -2.36. The third kappa shape index (κ3) is 5.14. The van der Waals surface area contributed by atoms with Crippen molar-refractivity contribution in [3.63, 3.8) is 0 Å². The van der Waals surface area contributed by atoms with Crippen LogP contribution in [0, 0.1) is 5.82 Å². The predicted octanol–water partition coefficient (Wildman–Crippen LogP) is 0.360. The lowest BCUT2D eigenvalue weighted by Gasteiger charge is -2.18. The average molecular weight is 454 g/mol. The molecule has 0 bridgehead atoms. The van der Waals surface area contributed by atoms with Crippen LogP contribution < -0.4 is 24.4 Å². The molecule has 0 aromatic heterocycles. The summed E-state index contributed by atoms with van der Waals surface area (Å²) in [7, 11) is -4.29. The fourth-order valence-corrected chi connectivity index (χ4v) is 4.24. The highest BCUT2D eigenvalue weighted by Gasteiger charge is 2.37. The van der Waals surface area contributed by atoms with Crippen LogP contribution in [0.5, 0.6) is 11.5 Å². The van der Waals surface area contributed by atoms with Gasteiger partial charge < -0.3 is 20.5 Å². The summed E-state index contributed by atoms with van der Waals surface area (Å²) in [6, 6.07) is 5.63. The van der Waals surface area contributed by atoms with Crippen LogP contribution in [0.15, 0.2) is 24.3 Å². The van der Waals surface area contributed by atoms with Crippen LogP contribution in [0.2, 0.25) is 0 Å². The van der Waals surface area contributed by atoms with Gasteiger partial charge in [-0.25, -0.2) is 13.4 Å². The topological polar surface area (TPSA) is 137 Å². The maximum Gasteiger partial charge on any atom is 0.326 e. The maximum atomic E-state index is 15.1. The first kappa shape index (κ1) is 22.6. The predicted molar refractivity (Wildman–Crippen MR) is 112 cm³/mol. The average Bonchev–Trinajstić information content (AvgIpc) is 2.97. The number of aromatic hydroxyl groups is 1. The van der Waals surface area contributed by atoms with Gasteiger partial charge in [-0.05, 0) is 36.6 Å². The van der Waals surface area contributed by atoms with E-state index in [-0.39, 0.29) is 31.0 Å². The lowest BCUT2D eigenvalue weighted by molar-refractivity contribution is -0.120. The summed E-state index contributed by atoms with van der Waals surface area (Å²) in [4.78, 5) is 23.1. The highest BCUT2D eigenvalue weighted by atomic mass is 32.2. The third-order valence-electron chi connectivity index (χ3n) is 4.48. The van der Waals surface area contributed by atoms with Crippen LogP contribution in [-0.4, -0.2) is 58.1 Å². The van der Waals surface area contributed by atoms with E-state index in [9.17, 15) is 23.1 Å². The number of anilines is 1. The Balaban J connectivity index is 1.73. The number of rotatable bonds is 9. The first-order valence-electron chi connectivity index (χ1n) is 9.61. The fourth-order valence-electron chi connectivity index (χ4n) is 3.08. The zero-order chi connectivity index (χ0) is 22.6. The van der Waals surface area contributed by atoms with Gasteiger partial charge in [0.1, 0.15) is 30.3 Å². The number of phenolic OH excluding ortho intramolecular Hbond substituents is 1. The zero-order valence-corrected chi connectivity index (χ0v) is 17.6. The van der Waals surface area contributed by atoms with Gasteiger partial charge in [-0.3, -0.25) is 9.59 Å². The molecule has 4 N–H and O–H groups in total. The number of halogens is 1. The molecule has 1 heterocycles. The number of benzene rings is 2. The Morgan fingerprint density at radius 3 is 2.77 bits per heavy atom. The minimum absolute atomic E-state index is 0.00708. The van der Waals surface area contributed by atoms with E-state index in [1.165, 1.54) is 18.2 Å². The Labute approximate surface area is 178 Å². The molecule has 3 rings (SSSR count). The smallest absolute Gasteiger partial charge is 0.326 e. The van der Waals surface area contributed by atoms with Crippen LogP contribution in [-0.2, 0) is 19.8 Å². The Morgan fingerprint density at radius 2 is 2.10 bits per heavy atom. The number of carbonyl (C=O) groups is 2. The molecule has 0 radical (unpaired) electrons. The second-order valence-corrected chi connectivity index (χ2v) is 8.45. The van der Waals surface area contributed by atoms with Crippen molar-refractivity contribution in [1.29, 1.82) is 0 Å². The largest absolute Gasteiger partial charge is 0.506 e. The lowest BCUT2D eigenvalue weighted by atomic mass is 10.1. The quantitative estimate of drug-likeness (QED) is 0.402. The van der Waals surface area contributed by atoms with Gasteiger partial charge in [0.05, 0.1) is 13.1 Å². The van der Waals surface area contributed by atoms with Crippen molar-refractivity contribution >= 4 is 38.5 Å². The Morgan fingerprint density at radius 1 is 1.32 bits per heavy atom. The molecule has 1 aliphatic rings. The van der Waals surface area contributed by atoms with Crippen molar-refractivity contribution in [1.82, 2.24) is 15.4 Å². The van der Waals surface area contributed by atoms with Crippen LogP contribution in [0.4, 0.5) is 10.1 Å². The van der Waals surface area contributed by atoms with Gasteiger partial charge in [0.15, 0.2) is 5.82 Å². The monoisotopic (exact) mass is 454 g/mol. The molecule has 12 heteroatoms. The highest BCUT2D eigenvalue weighted by Crippen LogP contribution is 2.39. The second kappa shape index (κ2) is 9.35. The molecule has 2 aromatic rings. The van der Waals surface area contributed by atoms with Gasteiger partial charge in [0, 0.05) is 5.39 Å². The molecule has 0 atom stereocenters. The van der Waals surface area contributed by atoms with Crippen LogP contribution in [0.25, 0.3) is 10.8 Å². The summed E-state index contributed by atoms with van der Waals surface area (Å²) < 4.78 is 47.0. The Kier molecular flexibility index (Phi) is 6.81. The molecule has 0 unspecified atom stereocenters. The molecule has 31 heavy (non-hydrogen) atoms. The fraction of sp³-hybridized carbons (Fsp3) is 0.368. The van der Waals surface area contributed by atoms with Crippen molar-refractivity contribution in [2.24, 2.45) is 0 Å². The van der Waals surface area contributed by atoms with Crippen LogP contribution in [0.1, 0.15) is 13.3 Å². The molecule has 1 aliphatic heterocycles. The van der Waals surface area contributed by atoms with E-state index in [1.54, 1.807) is 10.8 Å². The van der Waals surface area contributed by atoms with Crippen molar-refractivity contribution in [3.05, 3.63) is 30.1 Å². The van der Waals surface area contributed by atoms with Crippen LogP contribution >= 0.6 is 0 Å². The SMILES string of the molecule is CCCNCC(=O)NCCOc1ccc2cc(O)c(N3CC(=O)NS3(=O)=O)c(F)c2c1. The summed E-state index contributed by atoms with van der Waals surface area (Å²) in [6.07, 6.45) is 0.922. The summed E-state index contributed by atoms with van der Waals surface area (Å²) in [5, 5.41) is 16.2. The minimum Gasteiger partial charge on any atom is -0.506 e. The highest BCUT2D eigenvalue weighted by molar-refractivity contribution is 7.92. The molecule has 0 spiro atoms. The Bertz CT molecular complexity index is 1110. The molecule has 0 saturated carbocycles. The number of nitrogens with one attached hydrogen (secondary N) is 3. The minimum atomic E-state index is -4.29. The van der Waals surface area contributed by atoms with E-state index in [0.29, 0.717) is 15.4 Å².